The second kappa shape index (κ2) is 8.99. The average Bonchev–Trinajstić information content (AvgIpc) is 3.35. The lowest BCUT2D eigenvalue weighted by Crippen LogP contribution is -2.34. The Morgan fingerprint density at radius 1 is 1.19 bits per heavy atom. The fourth-order valence-corrected chi connectivity index (χ4v) is 5.68. The largest absolute Gasteiger partial charge is 0.366 e. The number of H-pyrrole nitrogens is 1. The van der Waals surface area contributed by atoms with E-state index in [4.69, 9.17) is 0 Å². The molecule has 0 aliphatic carbocycles. The van der Waals surface area contributed by atoms with E-state index in [0.29, 0.717) is 24.5 Å². The fraction of sp³-hybridized carbons (Fsp3) is 0.318. The molecule has 0 unspecified atom stereocenters. The van der Waals surface area contributed by atoms with Gasteiger partial charge in [-0.15, -0.1) is 0 Å². The molecule has 1 aliphatic rings. The van der Waals surface area contributed by atoms with Crippen LogP contribution in [0, 0.1) is 10.1 Å². The number of hydrogen-bond acceptors (Lipinski definition) is 6. The number of benzene rings is 2. The summed E-state index contributed by atoms with van der Waals surface area (Å²) < 4.78 is 27.8. The van der Waals surface area contributed by atoms with Crippen molar-refractivity contribution in [1.29, 1.82) is 0 Å². The maximum atomic E-state index is 13.3. The highest BCUT2D eigenvalue weighted by Crippen LogP contribution is 2.36. The molecule has 1 N–H and O–H groups in total. The summed E-state index contributed by atoms with van der Waals surface area (Å²) in [6.45, 7) is 3.20. The molecule has 1 saturated heterocycles. The molecular weight excluding hydrogens is 430 g/mol. The maximum absolute atomic E-state index is 13.3. The Morgan fingerprint density at radius 2 is 1.91 bits per heavy atom. The van der Waals surface area contributed by atoms with Crippen LogP contribution in [-0.4, -0.2) is 42.9 Å². The van der Waals surface area contributed by atoms with Crippen molar-refractivity contribution in [3.63, 3.8) is 0 Å². The van der Waals surface area contributed by atoms with Crippen LogP contribution < -0.4 is 9.21 Å². The molecule has 4 rings (SSSR count). The van der Waals surface area contributed by atoms with Gasteiger partial charge in [0.2, 0.25) is 0 Å². The summed E-state index contributed by atoms with van der Waals surface area (Å²) >= 11 is 0. The highest BCUT2D eigenvalue weighted by molar-refractivity contribution is 7.92. The second-order valence-corrected chi connectivity index (χ2v) is 9.51. The number of aromatic nitrogens is 2. The first kappa shape index (κ1) is 21.8. The average molecular weight is 456 g/mol. The number of hydrogen-bond donors (Lipinski definition) is 1. The van der Waals surface area contributed by atoms with E-state index in [-0.39, 0.29) is 23.0 Å². The molecule has 0 bridgehead atoms. The lowest BCUT2D eigenvalue weighted by molar-refractivity contribution is -0.384. The normalized spacial score (nSPS) is 15.0. The molecule has 1 fully saturated rings. The molecule has 2 heterocycles. The summed E-state index contributed by atoms with van der Waals surface area (Å²) in [6.07, 6.45) is 5.13. The second-order valence-electron chi connectivity index (χ2n) is 7.65. The minimum Gasteiger partial charge on any atom is -0.366 e. The predicted molar refractivity (Wildman–Crippen MR) is 123 cm³/mol. The van der Waals surface area contributed by atoms with Gasteiger partial charge in [0, 0.05) is 44.0 Å². The van der Waals surface area contributed by atoms with Crippen molar-refractivity contribution >= 4 is 27.1 Å². The molecular formula is C22H25N5O4S. The van der Waals surface area contributed by atoms with Crippen LogP contribution in [0.5, 0.6) is 0 Å². The van der Waals surface area contributed by atoms with Crippen LogP contribution in [0.1, 0.15) is 31.5 Å². The SMILES string of the molecule is CCN(c1ccccc1)S(=O)(=O)c1ccc(N2CCC(c3ncc[nH]3)CC2)c([N+](=O)[O-])c1. The predicted octanol–water partition coefficient (Wildman–Crippen LogP) is 3.92. The van der Waals surface area contributed by atoms with E-state index in [1.54, 1.807) is 55.7 Å². The number of sulfonamides is 1. The highest BCUT2D eigenvalue weighted by Gasteiger charge is 2.30. The number of piperidine rings is 1. The number of nitrogens with one attached hydrogen (secondary N) is 1. The molecule has 0 radical (unpaired) electrons. The van der Waals surface area contributed by atoms with Crippen molar-refractivity contribution in [2.24, 2.45) is 0 Å². The number of nitro benzene ring substituents is 1. The number of imidazole rings is 1. The molecule has 1 aliphatic heterocycles. The van der Waals surface area contributed by atoms with Gasteiger partial charge in [-0.2, -0.15) is 0 Å². The Balaban J connectivity index is 1.61. The molecule has 9 nitrogen and oxygen atoms in total. The van der Waals surface area contributed by atoms with Crippen LogP contribution in [0.3, 0.4) is 0 Å². The number of anilines is 2. The quantitative estimate of drug-likeness (QED) is 0.427. The summed E-state index contributed by atoms with van der Waals surface area (Å²) in [4.78, 5) is 20.7. The first-order valence-corrected chi connectivity index (χ1v) is 12.0. The van der Waals surface area contributed by atoms with Crippen LogP contribution >= 0.6 is 0 Å². The van der Waals surface area contributed by atoms with E-state index in [1.807, 2.05) is 4.90 Å². The summed E-state index contributed by atoms with van der Waals surface area (Å²) in [5.74, 6) is 1.21. The Morgan fingerprint density at radius 3 is 2.50 bits per heavy atom. The molecule has 0 atom stereocenters. The van der Waals surface area contributed by atoms with Gasteiger partial charge in [0.05, 0.1) is 15.5 Å². The minimum atomic E-state index is -3.95. The Labute approximate surface area is 186 Å². The van der Waals surface area contributed by atoms with Crippen molar-refractivity contribution < 1.29 is 13.3 Å². The number of nitro groups is 1. The van der Waals surface area contributed by atoms with Crippen LogP contribution in [0.2, 0.25) is 0 Å². The molecule has 1 aromatic heterocycles. The van der Waals surface area contributed by atoms with Crippen molar-refractivity contribution in [2.75, 3.05) is 28.8 Å². The van der Waals surface area contributed by atoms with Crippen molar-refractivity contribution in [3.8, 4) is 0 Å². The van der Waals surface area contributed by atoms with Crippen LogP contribution in [0.25, 0.3) is 0 Å². The first-order valence-electron chi connectivity index (χ1n) is 10.5. The summed E-state index contributed by atoms with van der Waals surface area (Å²) in [7, 11) is -3.95. The van der Waals surface area contributed by atoms with Crippen LogP contribution in [0.4, 0.5) is 17.1 Å². The van der Waals surface area contributed by atoms with E-state index in [0.717, 1.165) is 18.7 Å². The highest BCUT2D eigenvalue weighted by atomic mass is 32.2. The lowest BCUT2D eigenvalue weighted by Gasteiger charge is -2.32. The number of aromatic amines is 1. The fourth-order valence-electron chi connectivity index (χ4n) is 4.18. The van der Waals surface area contributed by atoms with Crippen molar-refractivity contribution in [1.82, 2.24) is 9.97 Å². The van der Waals surface area contributed by atoms with E-state index in [1.165, 1.54) is 16.4 Å². The molecule has 0 amide bonds. The van der Waals surface area contributed by atoms with E-state index in [9.17, 15) is 18.5 Å². The third-order valence-corrected chi connectivity index (χ3v) is 7.70. The van der Waals surface area contributed by atoms with Crippen LogP contribution in [0.15, 0.2) is 65.8 Å². The Bertz CT molecular complexity index is 1170. The summed E-state index contributed by atoms with van der Waals surface area (Å²) in [5.41, 5.74) is 0.753. The van der Waals surface area contributed by atoms with Gasteiger partial charge in [-0.25, -0.2) is 13.4 Å². The summed E-state index contributed by atoms with van der Waals surface area (Å²) in [5, 5.41) is 11.9. The van der Waals surface area contributed by atoms with Gasteiger partial charge in [0.25, 0.3) is 15.7 Å². The van der Waals surface area contributed by atoms with E-state index in [2.05, 4.69) is 9.97 Å². The van der Waals surface area contributed by atoms with E-state index < -0.39 is 14.9 Å². The molecule has 168 valence electrons. The molecule has 2 aromatic carbocycles. The third kappa shape index (κ3) is 4.18. The third-order valence-electron chi connectivity index (χ3n) is 5.80. The smallest absolute Gasteiger partial charge is 0.293 e. The zero-order chi connectivity index (χ0) is 22.7. The van der Waals surface area contributed by atoms with Gasteiger partial charge in [0.1, 0.15) is 11.5 Å². The standard InChI is InChI=1S/C22H25N5O4S/c1-2-26(18-6-4-3-5-7-18)32(30,31)19-8-9-20(21(16-19)27(28)29)25-14-10-17(11-15-25)22-23-12-13-24-22/h3-9,12-13,16-17H,2,10-11,14-15H2,1H3,(H,23,24). The minimum absolute atomic E-state index is 0.0934. The monoisotopic (exact) mass is 455 g/mol. The summed E-state index contributed by atoms with van der Waals surface area (Å²) in [6, 6.07) is 12.9. The van der Waals surface area contributed by atoms with Gasteiger partial charge in [-0.1, -0.05) is 18.2 Å². The number of nitrogens with zero attached hydrogens (tertiary/aromatic N) is 4. The topological polar surface area (TPSA) is 112 Å². The zero-order valence-corrected chi connectivity index (χ0v) is 18.5. The van der Waals surface area contributed by atoms with Crippen LogP contribution in [-0.2, 0) is 10.0 Å². The number of rotatable bonds is 7. The maximum Gasteiger partial charge on any atom is 0.293 e. The molecule has 0 saturated carbocycles. The lowest BCUT2D eigenvalue weighted by atomic mass is 9.95. The van der Waals surface area contributed by atoms with Gasteiger partial charge in [-0.3, -0.25) is 14.4 Å². The Hall–Kier alpha value is -3.40. The van der Waals surface area contributed by atoms with Gasteiger partial charge in [-0.05, 0) is 44.0 Å². The number of para-hydroxylation sites is 1. The molecule has 10 heteroatoms. The van der Waals surface area contributed by atoms with Crippen molar-refractivity contribution in [3.05, 3.63) is 76.9 Å². The molecule has 3 aromatic rings. The van der Waals surface area contributed by atoms with Gasteiger partial charge in [0.15, 0.2) is 0 Å². The molecule has 0 spiro atoms. The van der Waals surface area contributed by atoms with E-state index >= 15 is 0 Å². The molecule has 32 heavy (non-hydrogen) atoms. The van der Waals surface area contributed by atoms with Gasteiger partial charge >= 0.3 is 0 Å². The Kier molecular flexibility index (Phi) is 6.13. The first-order chi connectivity index (χ1) is 15.4. The van der Waals surface area contributed by atoms with Crippen molar-refractivity contribution in [2.45, 2.75) is 30.6 Å². The zero-order valence-electron chi connectivity index (χ0n) is 17.7. The van der Waals surface area contributed by atoms with Gasteiger partial charge < -0.3 is 9.88 Å².